The van der Waals surface area contributed by atoms with Crippen LogP contribution >= 0.6 is 7.82 Å². The van der Waals surface area contributed by atoms with Crippen molar-refractivity contribution < 1.29 is 67.9 Å². The molecule has 0 amide bonds. The number of carbonyl (C=O) groups excluding carboxylic acids is 3. The average molecular weight is 927 g/mol. The number of allylic oxidation sites excluding steroid dienone is 10. The number of phosphoric ester groups is 1. The van der Waals surface area contributed by atoms with Gasteiger partial charge in [-0.2, -0.15) is 0 Å². The minimum Gasteiger partial charge on any atom is -0.462 e. The lowest BCUT2D eigenvalue weighted by molar-refractivity contribution is -0.220. The van der Waals surface area contributed by atoms with E-state index < -0.39 is 75.7 Å². The second-order valence-electron chi connectivity index (χ2n) is 16.6. The van der Waals surface area contributed by atoms with Crippen LogP contribution in [-0.2, 0) is 37.5 Å². The minimum atomic E-state index is -5.19. The molecule has 368 valence electrons. The molecule has 64 heavy (non-hydrogen) atoms. The highest BCUT2D eigenvalue weighted by Crippen LogP contribution is 2.47. The van der Waals surface area contributed by atoms with Crippen molar-refractivity contribution in [3.05, 3.63) is 60.8 Å². The topological polar surface area (TPSA) is 227 Å². The Kier molecular flexibility index (Phi) is 35.5. The Balaban J connectivity index is 2.54. The van der Waals surface area contributed by atoms with Crippen LogP contribution in [0.4, 0.5) is 0 Å². The molecule has 0 radical (unpaired) electrons. The van der Waals surface area contributed by atoms with E-state index in [1.54, 1.807) is 12.2 Å². The van der Waals surface area contributed by atoms with Crippen LogP contribution in [0.1, 0.15) is 174 Å². The van der Waals surface area contributed by atoms with E-state index >= 15 is 0 Å². The minimum absolute atomic E-state index is 0.0505. The summed E-state index contributed by atoms with van der Waals surface area (Å²) in [5.74, 6) is -1.56. The first kappa shape index (κ1) is 59.2. The molecule has 15 heteroatoms. The number of unbranched alkanes of at least 4 members (excludes halogenated alkanes) is 16. The molecule has 0 bridgehead atoms. The van der Waals surface area contributed by atoms with Crippen LogP contribution in [0.25, 0.3) is 0 Å². The van der Waals surface area contributed by atoms with E-state index in [4.69, 9.17) is 18.5 Å². The summed E-state index contributed by atoms with van der Waals surface area (Å²) in [5, 5.41) is 50.2. The second-order valence-corrected chi connectivity index (χ2v) is 18.0. The van der Waals surface area contributed by atoms with Gasteiger partial charge < -0.3 is 39.9 Å². The first-order valence-corrected chi connectivity index (χ1v) is 25.5. The average Bonchev–Trinajstić information content (AvgIpc) is 3.27. The van der Waals surface area contributed by atoms with Crippen molar-refractivity contribution in [2.45, 2.75) is 217 Å². The Bertz CT molecular complexity index is 1410. The summed E-state index contributed by atoms with van der Waals surface area (Å²) in [6.45, 7) is 3.06. The molecular formula is C49H83O14P. The Labute approximate surface area is 383 Å². The molecule has 1 aliphatic carbocycles. The predicted molar refractivity (Wildman–Crippen MR) is 249 cm³/mol. The summed E-state index contributed by atoms with van der Waals surface area (Å²) >= 11 is 0. The fourth-order valence-corrected chi connectivity index (χ4v) is 7.85. The molecule has 6 N–H and O–H groups in total. The summed E-state index contributed by atoms with van der Waals surface area (Å²) in [7, 11) is -5.19. The van der Waals surface area contributed by atoms with Crippen LogP contribution in [0.2, 0.25) is 0 Å². The van der Waals surface area contributed by atoms with Crippen LogP contribution < -0.4 is 0 Å². The van der Waals surface area contributed by atoms with Crippen molar-refractivity contribution in [3.8, 4) is 0 Å². The standard InChI is InChI=1S/C49H83O14P/c1-3-5-7-9-11-13-15-17-18-19-20-22-24-26-28-30-32-36-42(51)60-38-41(39-61-64(58,59)63-49-47(56)45(54)44(53)46(55)48(49)57)62-43(52)37-33-35-40(50)34-31-29-27-25-23-21-16-14-12-10-8-6-4-2/h12,14,17-18,21,23,27,29,31,34,41,44-49,53-57H,3-11,13,15-16,19-20,22,24-26,28,30,32-33,35-39H2,1-2H3,(H,58,59)/b14-12-,18-17-,23-21-,29-27-,34-31+/t41-,44?,45-,46+,47-,48-,49?/m1/s1. The Morgan fingerprint density at radius 3 is 1.61 bits per heavy atom. The van der Waals surface area contributed by atoms with Gasteiger partial charge in [0.25, 0.3) is 0 Å². The zero-order valence-corrected chi connectivity index (χ0v) is 39.7. The maximum absolute atomic E-state index is 12.8. The molecule has 8 atom stereocenters. The maximum atomic E-state index is 12.8. The molecule has 1 fully saturated rings. The molecule has 0 aliphatic heterocycles. The van der Waals surface area contributed by atoms with E-state index in [0.29, 0.717) is 6.42 Å². The number of hydrogen-bond donors (Lipinski definition) is 6. The highest BCUT2D eigenvalue weighted by atomic mass is 31.2. The first-order valence-electron chi connectivity index (χ1n) is 24.0. The lowest BCUT2D eigenvalue weighted by Gasteiger charge is -2.41. The van der Waals surface area contributed by atoms with Gasteiger partial charge in [-0.3, -0.25) is 23.4 Å². The number of ether oxygens (including phenoxy) is 2. The number of phosphoric acid groups is 1. The smallest absolute Gasteiger partial charge is 0.462 e. The Morgan fingerprint density at radius 2 is 1.00 bits per heavy atom. The number of esters is 2. The van der Waals surface area contributed by atoms with Crippen molar-refractivity contribution in [1.29, 1.82) is 0 Å². The molecular weight excluding hydrogens is 843 g/mol. The zero-order chi connectivity index (χ0) is 47.3. The fraction of sp³-hybridized carbons (Fsp3) is 0.735. The van der Waals surface area contributed by atoms with Crippen LogP contribution in [0.3, 0.4) is 0 Å². The van der Waals surface area contributed by atoms with E-state index in [0.717, 1.165) is 70.6 Å². The molecule has 0 aromatic carbocycles. The van der Waals surface area contributed by atoms with Gasteiger partial charge in [-0.25, -0.2) is 4.57 Å². The molecule has 0 aromatic rings. The molecule has 0 heterocycles. The molecule has 1 rings (SSSR count). The lowest BCUT2D eigenvalue weighted by Crippen LogP contribution is -2.64. The molecule has 3 unspecified atom stereocenters. The van der Waals surface area contributed by atoms with Gasteiger partial charge in [0.1, 0.15) is 43.2 Å². The molecule has 1 saturated carbocycles. The van der Waals surface area contributed by atoms with Crippen molar-refractivity contribution in [2.24, 2.45) is 0 Å². The van der Waals surface area contributed by atoms with Crippen LogP contribution in [0.15, 0.2) is 60.8 Å². The van der Waals surface area contributed by atoms with Crippen molar-refractivity contribution in [3.63, 3.8) is 0 Å². The summed E-state index contributed by atoms with van der Waals surface area (Å²) in [5.41, 5.74) is 0. The summed E-state index contributed by atoms with van der Waals surface area (Å²) < 4.78 is 33.3. The molecule has 14 nitrogen and oxygen atoms in total. The van der Waals surface area contributed by atoms with Crippen molar-refractivity contribution >= 4 is 25.5 Å². The monoisotopic (exact) mass is 927 g/mol. The van der Waals surface area contributed by atoms with Crippen LogP contribution in [-0.4, -0.2) is 104 Å². The Morgan fingerprint density at radius 1 is 0.531 bits per heavy atom. The fourth-order valence-electron chi connectivity index (χ4n) is 6.88. The van der Waals surface area contributed by atoms with Gasteiger partial charge in [0, 0.05) is 19.3 Å². The van der Waals surface area contributed by atoms with Crippen LogP contribution in [0, 0.1) is 0 Å². The summed E-state index contributed by atoms with van der Waals surface area (Å²) in [6, 6.07) is 0. The van der Waals surface area contributed by atoms with Crippen LogP contribution in [0.5, 0.6) is 0 Å². The molecule has 0 saturated heterocycles. The third-order valence-electron chi connectivity index (χ3n) is 10.8. The maximum Gasteiger partial charge on any atom is 0.472 e. The van der Waals surface area contributed by atoms with E-state index in [9.17, 15) is 49.4 Å². The third kappa shape index (κ3) is 30.4. The van der Waals surface area contributed by atoms with E-state index in [2.05, 4.69) is 50.3 Å². The van der Waals surface area contributed by atoms with Gasteiger partial charge in [-0.05, 0) is 70.3 Å². The SMILES string of the molecule is CCCCC/C=C\C/C=C\C/C=C\C=C\C(=O)CCCC(=O)O[C@H](COC(=O)CCCCCCCCC/C=C\CCCCCCCC)COP(=O)(O)OC1[C@H](O)[C@H](O)C(O)[C@H](O)[C@H]1O. The number of rotatable bonds is 39. The molecule has 0 aromatic heterocycles. The largest absolute Gasteiger partial charge is 0.472 e. The number of aliphatic hydroxyl groups excluding tert-OH is 5. The number of ketones is 1. The van der Waals surface area contributed by atoms with Gasteiger partial charge in [0.2, 0.25) is 0 Å². The quantitative estimate of drug-likeness (QED) is 0.00846. The van der Waals surface area contributed by atoms with Gasteiger partial charge in [0.05, 0.1) is 6.61 Å². The molecule has 1 aliphatic rings. The first-order chi connectivity index (χ1) is 30.8. The third-order valence-corrected chi connectivity index (χ3v) is 11.8. The normalized spacial score (nSPS) is 22.0. The summed E-state index contributed by atoms with van der Waals surface area (Å²) in [6.07, 6.45) is 29.8. The molecule has 0 spiro atoms. The number of carbonyl (C=O) groups is 3. The Hall–Kier alpha value is -2.78. The van der Waals surface area contributed by atoms with E-state index in [1.165, 1.54) is 63.9 Å². The predicted octanol–water partition coefficient (Wildman–Crippen LogP) is 8.90. The number of aliphatic hydroxyl groups is 5. The van der Waals surface area contributed by atoms with E-state index in [1.807, 2.05) is 6.08 Å². The van der Waals surface area contributed by atoms with E-state index in [-0.39, 0.29) is 31.5 Å². The lowest BCUT2D eigenvalue weighted by atomic mass is 9.85. The zero-order valence-electron chi connectivity index (χ0n) is 38.8. The summed E-state index contributed by atoms with van der Waals surface area (Å²) in [4.78, 5) is 48.1. The van der Waals surface area contributed by atoms with Crippen molar-refractivity contribution in [2.75, 3.05) is 13.2 Å². The van der Waals surface area contributed by atoms with Gasteiger partial charge in [0.15, 0.2) is 11.9 Å². The van der Waals surface area contributed by atoms with Gasteiger partial charge >= 0.3 is 19.8 Å². The van der Waals surface area contributed by atoms with Gasteiger partial charge in [-0.15, -0.1) is 0 Å². The second kappa shape index (κ2) is 38.3. The van der Waals surface area contributed by atoms with Gasteiger partial charge in [-0.1, -0.05) is 146 Å². The highest BCUT2D eigenvalue weighted by Gasteiger charge is 2.51. The number of hydrogen-bond acceptors (Lipinski definition) is 13. The highest BCUT2D eigenvalue weighted by molar-refractivity contribution is 7.47. The van der Waals surface area contributed by atoms with Crippen molar-refractivity contribution in [1.82, 2.24) is 0 Å².